The lowest BCUT2D eigenvalue weighted by molar-refractivity contribution is 0.907. The molecule has 104 valence electrons. The molecule has 0 saturated heterocycles. The molecule has 0 aliphatic rings. The Labute approximate surface area is 126 Å². The minimum absolute atomic E-state index is 0.165. The van der Waals surface area contributed by atoms with Crippen LogP contribution in [0, 0.1) is 0 Å². The molecule has 0 atom stereocenters. The molecule has 0 amide bonds. The van der Waals surface area contributed by atoms with Crippen LogP contribution in [-0.4, -0.2) is 24.5 Å². The van der Waals surface area contributed by atoms with Crippen LogP contribution in [0.5, 0.6) is 0 Å². The van der Waals surface area contributed by atoms with Gasteiger partial charge in [-0.1, -0.05) is 0 Å². The van der Waals surface area contributed by atoms with Crippen molar-refractivity contribution in [1.82, 2.24) is 24.5 Å². The monoisotopic (exact) mass is 315 g/mol. The second-order valence-electron chi connectivity index (χ2n) is 4.48. The fraction of sp³-hybridized carbons (Fsp3) is 0.0769. The van der Waals surface area contributed by atoms with Crippen LogP contribution in [0.15, 0.2) is 33.5 Å². The first-order chi connectivity index (χ1) is 10.2. The van der Waals surface area contributed by atoms with E-state index in [1.165, 1.54) is 22.7 Å². The van der Waals surface area contributed by atoms with E-state index in [1.807, 2.05) is 28.6 Å². The van der Waals surface area contributed by atoms with Crippen molar-refractivity contribution in [2.45, 2.75) is 0 Å². The summed E-state index contributed by atoms with van der Waals surface area (Å²) < 4.78 is 1.82. The molecule has 0 spiro atoms. The van der Waals surface area contributed by atoms with Crippen LogP contribution in [0.2, 0.25) is 0 Å². The van der Waals surface area contributed by atoms with Gasteiger partial charge in [-0.25, -0.2) is 15.0 Å². The highest BCUT2D eigenvalue weighted by atomic mass is 32.1. The largest absolute Gasteiger partial charge is 0.331 e. The summed E-state index contributed by atoms with van der Waals surface area (Å²) >= 11 is 2.94. The number of aromatic nitrogens is 5. The van der Waals surface area contributed by atoms with Crippen molar-refractivity contribution >= 4 is 32.9 Å². The molecule has 0 fully saturated rings. The Kier molecular flexibility index (Phi) is 2.72. The van der Waals surface area contributed by atoms with Crippen molar-refractivity contribution in [2.24, 2.45) is 7.05 Å². The molecule has 0 aromatic carbocycles. The van der Waals surface area contributed by atoms with Crippen LogP contribution >= 0.6 is 22.7 Å². The maximum atomic E-state index is 12.4. The van der Waals surface area contributed by atoms with Crippen LogP contribution in [-0.2, 0) is 7.05 Å². The van der Waals surface area contributed by atoms with Crippen molar-refractivity contribution in [3.8, 4) is 22.9 Å². The minimum Gasteiger partial charge on any atom is -0.331 e. The molecule has 8 heteroatoms. The molecule has 4 aromatic heterocycles. The summed E-state index contributed by atoms with van der Waals surface area (Å²) in [5.74, 6) is 1.12. The third-order valence-electron chi connectivity index (χ3n) is 3.19. The van der Waals surface area contributed by atoms with Gasteiger partial charge in [-0.05, 0) is 0 Å². The number of hydrogen-bond donors (Lipinski definition) is 1. The van der Waals surface area contributed by atoms with Gasteiger partial charge in [0.15, 0.2) is 11.6 Å². The fourth-order valence-corrected chi connectivity index (χ4v) is 3.67. The lowest BCUT2D eigenvalue weighted by Crippen LogP contribution is -2.10. The van der Waals surface area contributed by atoms with Crippen molar-refractivity contribution in [3.63, 3.8) is 0 Å². The molecule has 4 aromatic rings. The van der Waals surface area contributed by atoms with Gasteiger partial charge < -0.3 is 9.55 Å². The van der Waals surface area contributed by atoms with E-state index in [4.69, 9.17) is 0 Å². The molecule has 21 heavy (non-hydrogen) atoms. The van der Waals surface area contributed by atoms with Crippen molar-refractivity contribution in [3.05, 3.63) is 39.0 Å². The summed E-state index contributed by atoms with van der Waals surface area (Å²) in [4.78, 5) is 28.9. The van der Waals surface area contributed by atoms with Gasteiger partial charge in [0.05, 0.1) is 16.6 Å². The van der Waals surface area contributed by atoms with Gasteiger partial charge in [0.25, 0.3) is 5.56 Å². The smallest absolute Gasteiger partial charge is 0.260 e. The molecular weight excluding hydrogens is 306 g/mol. The standard InChI is InChI=1S/C13H9N5OS2/c1-18-3-2-14-11(18)10-16-12(19)9-7(4-21-13(9)17-10)8-5-20-6-15-8/h2-6H,1H3,(H,16,17,19). The van der Waals surface area contributed by atoms with Gasteiger partial charge in [-0.2, -0.15) is 0 Å². The van der Waals surface area contributed by atoms with Crippen LogP contribution in [0.3, 0.4) is 0 Å². The van der Waals surface area contributed by atoms with E-state index in [2.05, 4.69) is 19.9 Å². The van der Waals surface area contributed by atoms with E-state index in [1.54, 1.807) is 11.7 Å². The second-order valence-corrected chi connectivity index (χ2v) is 6.06. The number of thiophene rings is 1. The maximum absolute atomic E-state index is 12.4. The second kappa shape index (κ2) is 4.61. The SMILES string of the molecule is Cn1ccnc1-c1nc2scc(-c3cscn3)c2c(=O)[nH]1. The van der Waals surface area contributed by atoms with Crippen molar-refractivity contribution in [1.29, 1.82) is 0 Å². The summed E-state index contributed by atoms with van der Waals surface area (Å²) in [6.45, 7) is 0. The van der Waals surface area contributed by atoms with Crippen molar-refractivity contribution < 1.29 is 0 Å². The number of nitrogens with one attached hydrogen (secondary N) is 1. The normalized spacial score (nSPS) is 11.3. The number of thiazole rings is 1. The molecule has 6 nitrogen and oxygen atoms in total. The van der Waals surface area contributed by atoms with E-state index < -0.39 is 0 Å². The predicted octanol–water partition coefficient (Wildman–Crippen LogP) is 2.51. The summed E-state index contributed by atoms with van der Waals surface area (Å²) in [5.41, 5.74) is 3.23. The third-order valence-corrected chi connectivity index (χ3v) is 4.64. The average Bonchev–Trinajstić information content (AvgIpc) is 3.16. The van der Waals surface area contributed by atoms with Gasteiger partial charge >= 0.3 is 0 Å². The molecule has 0 aliphatic heterocycles. The molecule has 0 radical (unpaired) electrons. The van der Waals surface area contributed by atoms with Crippen LogP contribution < -0.4 is 5.56 Å². The summed E-state index contributed by atoms with van der Waals surface area (Å²) in [7, 11) is 1.86. The van der Waals surface area contributed by atoms with Crippen LogP contribution in [0.1, 0.15) is 0 Å². The lowest BCUT2D eigenvalue weighted by Gasteiger charge is -2.01. The summed E-state index contributed by atoms with van der Waals surface area (Å²) in [6, 6.07) is 0. The van der Waals surface area contributed by atoms with E-state index >= 15 is 0 Å². The molecule has 4 heterocycles. The maximum Gasteiger partial charge on any atom is 0.260 e. The van der Waals surface area contributed by atoms with Gasteiger partial charge in [0.1, 0.15) is 4.83 Å². The number of imidazole rings is 1. The highest BCUT2D eigenvalue weighted by molar-refractivity contribution is 7.17. The number of aryl methyl sites for hydroxylation is 1. The Balaban J connectivity index is 1.98. The number of rotatable bonds is 2. The lowest BCUT2D eigenvalue weighted by atomic mass is 10.2. The Morgan fingerprint density at radius 2 is 2.19 bits per heavy atom. The first-order valence-electron chi connectivity index (χ1n) is 6.12. The topological polar surface area (TPSA) is 76.5 Å². The fourth-order valence-electron chi connectivity index (χ4n) is 2.18. The molecule has 1 N–H and O–H groups in total. The Hall–Kier alpha value is -2.32. The number of hydrogen-bond acceptors (Lipinski definition) is 6. The molecule has 0 unspecified atom stereocenters. The number of nitrogens with zero attached hydrogens (tertiary/aromatic N) is 4. The predicted molar refractivity (Wildman–Crippen MR) is 83.6 cm³/mol. The number of H-pyrrole nitrogens is 1. The van der Waals surface area contributed by atoms with Crippen molar-refractivity contribution in [2.75, 3.05) is 0 Å². The van der Waals surface area contributed by atoms with E-state index in [0.717, 1.165) is 11.3 Å². The minimum atomic E-state index is -0.165. The summed E-state index contributed by atoms with van der Waals surface area (Å²) in [6.07, 6.45) is 3.49. The van der Waals surface area contributed by atoms with E-state index in [9.17, 15) is 4.79 Å². The molecule has 4 rings (SSSR count). The van der Waals surface area contributed by atoms with Gasteiger partial charge in [-0.3, -0.25) is 4.79 Å². The Bertz CT molecular complexity index is 980. The quantitative estimate of drug-likeness (QED) is 0.616. The Morgan fingerprint density at radius 3 is 2.90 bits per heavy atom. The van der Waals surface area contributed by atoms with Gasteiger partial charge in [0, 0.05) is 35.8 Å². The van der Waals surface area contributed by atoms with E-state index in [0.29, 0.717) is 21.9 Å². The van der Waals surface area contributed by atoms with Gasteiger partial charge in [0.2, 0.25) is 0 Å². The summed E-state index contributed by atoms with van der Waals surface area (Å²) in [5, 5.41) is 4.43. The molecule has 0 aliphatic carbocycles. The highest BCUT2D eigenvalue weighted by Crippen LogP contribution is 2.31. The molecule has 0 saturated carbocycles. The highest BCUT2D eigenvalue weighted by Gasteiger charge is 2.16. The van der Waals surface area contributed by atoms with Crippen LogP contribution in [0.4, 0.5) is 0 Å². The Morgan fingerprint density at radius 1 is 1.29 bits per heavy atom. The van der Waals surface area contributed by atoms with Gasteiger partial charge in [-0.15, -0.1) is 22.7 Å². The zero-order chi connectivity index (χ0) is 14.4. The number of fused-ring (bicyclic) bond motifs is 1. The zero-order valence-electron chi connectivity index (χ0n) is 10.9. The molecule has 0 bridgehead atoms. The van der Waals surface area contributed by atoms with Crippen LogP contribution in [0.25, 0.3) is 33.1 Å². The first kappa shape index (κ1) is 12.4. The average molecular weight is 315 g/mol. The zero-order valence-corrected chi connectivity index (χ0v) is 12.5. The third kappa shape index (κ3) is 1.91. The number of aromatic amines is 1. The van der Waals surface area contributed by atoms with E-state index in [-0.39, 0.29) is 5.56 Å². The first-order valence-corrected chi connectivity index (χ1v) is 7.94. The molecular formula is C13H9N5OS2.